The first-order chi connectivity index (χ1) is 17.3. The second kappa shape index (κ2) is 9.43. The van der Waals surface area contributed by atoms with Gasteiger partial charge in [-0.2, -0.15) is 0 Å². The van der Waals surface area contributed by atoms with E-state index in [-0.39, 0.29) is 0 Å². The molecule has 0 bridgehead atoms. The summed E-state index contributed by atoms with van der Waals surface area (Å²) in [6, 6.07) is 35.6. The van der Waals surface area contributed by atoms with Gasteiger partial charge in [-0.15, -0.1) is 0 Å². The second-order valence-corrected chi connectivity index (χ2v) is 9.61. The first-order valence-corrected chi connectivity index (χ1v) is 12.9. The highest BCUT2D eigenvalue weighted by Gasteiger charge is 2.10. The van der Waals surface area contributed by atoms with Gasteiger partial charge in [0.05, 0.1) is 0 Å². The summed E-state index contributed by atoms with van der Waals surface area (Å²) in [6.45, 7) is 3.36. The maximum atomic E-state index is 2.52. The molecule has 0 unspecified atom stereocenters. The van der Waals surface area contributed by atoms with E-state index in [1.807, 2.05) is 0 Å². The quantitative estimate of drug-likeness (QED) is 0.129. The topological polar surface area (TPSA) is 4.93 Å². The number of fused-ring (bicyclic) bond motifs is 5. The fourth-order valence-electron chi connectivity index (χ4n) is 5.43. The van der Waals surface area contributed by atoms with Crippen LogP contribution in [0.2, 0.25) is 0 Å². The van der Waals surface area contributed by atoms with Gasteiger partial charge in [0.25, 0.3) is 0 Å². The van der Waals surface area contributed by atoms with Gasteiger partial charge in [0.2, 0.25) is 0 Å². The van der Waals surface area contributed by atoms with E-state index in [0.717, 1.165) is 6.54 Å². The van der Waals surface area contributed by atoms with Crippen LogP contribution in [-0.2, 0) is 6.54 Å². The third-order valence-corrected chi connectivity index (χ3v) is 7.27. The third-order valence-electron chi connectivity index (χ3n) is 7.27. The molecule has 0 spiro atoms. The average Bonchev–Trinajstić information content (AvgIpc) is 3.21. The summed E-state index contributed by atoms with van der Waals surface area (Å²) in [5, 5.41) is 7.86. The number of hydrogen-bond acceptors (Lipinski definition) is 0. The molecule has 6 rings (SSSR count). The first kappa shape index (κ1) is 21.7. The van der Waals surface area contributed by atoms with Crippen molar-refractivity contribution in [2.24, 2.45) is 0 Å². The van der Waals surface area contributed by atoms with Crippen LogP contribution < -0.4 is 0 Å². The van der Waals surface area contributed by atoms with Crippen molar-refractivity contribution in [1.29, 1.82) is 0 Å². The second-order valence-electron chi connectivity index (χ2n) is 9.61. The summed E-state index contributed by atoms with van der Waals surface area (Å²) in [4.78, 5) is 0. The summed E-state index contributed by atoms with van der Waals surface area (Å²) < 4.78 is 2.52. The number of rotatable bonds is 7. The number of nitrogens with zero attached hydrogens (tertiary/aromatic N) is 1. The van der Waals surface area contributed by atoms with Crippen molar-refractivity contribution in [1.82, 2.24) is 4.57 Å². The molecule has 0 radical (unpaired) electrons. The van der Waals surface area contributed by atoms with Crippen LogP contribution in [0.15, 0.2) is 97.1 Å². The molecule has 1 heteroatoms. The van der Waals surface area contributed by atoms with Crippen LogP contribution in [0.4, 0.5) is 0 Å². The zero-order valence-corrected chi connectivity index (χ0v) is 20.4. The van der Waals surface area contributed by atoms with Gasteiger partial charge in [-0.05, 0) is 69.4 Å². The van der Waals surface area contributed by atoms with E-state index in [0.29, 0.717) is 0 Å². The predicted octanol–water partition coefficient (Wildman–Crippen LogP) is 9.85. The fourth-order valence-corrected chi connectivity index (χ4v) is 5.43. The van der Waals surface area contributed by atoms with Crippen LogP contribution in [0, 0.1) is 0 Å². The summed E-state index contributed by atoms with van der Waals surface area (Å²) in [5.74, 6) is 0. The highest BCUT2D eigenvalue weighted by molar-refractivity contribution is 6.09. The Balaban J connectivity index is 1.39. The predicted molar refractivity (Wildman–Crippen MR) is 154 cm³/mol. The van der Waals surface area contributed by atoms with Crippen LogP contribution in [0.3, 0.4) is 0 Å². The van der Waals surface area contributed by atoms with Crippen LogP contribution in [-0.4, -0.2) is 4.57 Å². The normalized spacial score (nSPS) is 12.0. The van der Waals surface area contributed by atoms with Crippen molar-refractivity contribution < 1.29 is 0 Å². The van der Waals surface area contributed by atoms with Crippen molar-refractivity contribution in [2.75, 3.05) is 0 Å². The summed E-state index contributed by atoms with van der Waals surface area (Å²) in [6.07, 6.45) is 9.65. The fraction of sp³-hybridized carbons (Fsp3) is 0.176. The van der Waals surface area contributed by atoms with Gasteiger partial charge in [-0.3, -0.25) is 0 Å². The minimum atomic E-state index is 1.09. The van der Waals surface area contributed by atoms with Crippen molar-refractivity contribution in [3.8, 4) is 0 Å². The molecule has 0 saturated carbocycles. The summed E-state index contributed by atoms with van der Waals surface area (Å²) in [5.41, 5.74) is 5.19. The van der Waals surface area contributed by atoms with Crippen molar-refractivity contribution in [3.05, 3.63) is 108 Å². The van der Waals surface area contributed by atoms with Gasteiger partial charge in [-0.25, -0.2) is 0 Å². The summed E-state index contributed by atoms with van der Waals surface area (Å²) >= 11 is 0. The molecular weight excluding hydrogens is 422 g/mol. The SMILES string of the molecule is CCCCCCn1c2ccccc2c2cc(/C=C/c3cccc4cc5ccccc5cc34)ccc21. The third kappa shape index (κ3) is 4.12. The van der Waals surface area contributed by atoms with E-state index in [9.17, 15) is 0 Å². The van der Waals surface area contributed by atoms with Crippen LogP contribution in [0.5, 0.6) is 0 Å². The van der Waals surface area contributed by atoms with Crippen molar-refractivity contribution in [3.63, 3.8) is 0 Å². The molecule has 0 aliphatic heterocycles. The zero-order valence-electron chi connectivity index (χ0n) is 20.4. The van der Waals surface area contributed by atoms with Gasteiger partial charge in [0.1, 0.15) is 0 Å². The Kier molecular flexibility index (Phi) is 5.84. The molecule has 1 nitrogen and oxygen atoms in total. The van der Waals surface area contributed by atoms with Gasteiger partial charge in [0.15, 0.2) is 0 Å². The van der Waals surface area contributed by atoms with E-state index in [4.69, 9.17) is 0 Å². The number of unbranched alkanes of at least 4 members (excludes halogenated alkanes) is 3. The maximum absolute atomic E-state index is 2.52. The van der Waals surface area contributed by atoms with Gasteiger partial charge in [-0.1, -0.05) is 105 Å². The van der Waals surface area contributed by atoms with E-state index >= 15 is 0 Å². The van der Waals surface area contributed by atoms with E-state index in [1.54, 1.807) is 0 Å². The van der Waals surface area contributed by atoms with Crippen LogP contribution in [0.1, 0.15) is 43.7 Å². The maximum Gasteiger partial charge on any atom is 0.0491 e. The number of benzene rings is 5. The monoisotopic (exact) mass is 453 g/mol. The Morgan fingerprint density at radius 2 is 1.34 bits per heavy atom. The van der Waals surface area contributed by atoms with Gasteiger partial charge in [0, 0.05) is 28.4 Å². The lowest BCUT2D eigenvalue weighted by Gasteiger charge is -2.07. The Morgan fingerprint density at radius 3 is 2.23 bits per heavy atom. The zero-order chi connectivity index (χ0) is 23.6. The standard InChI is InChI=1S/C34H31N/c1-2-3-4-9-21-35-33-16-8-7-15-30(33)32-22-25(18-20-34(32)35)17-19-26-13-10-14-29-23-27-11-5-6-12-28(27)24-31(26)29/h5-8,10-20,22-24H,2-4,9,21H2,1H3/b19-17+. The lowest BCUT2D eigenvalue weighted by Crippen LogP contribution is -1.97. The molecule has 1 heterocycles. The molecule has 35 heavy (non-hydrogen) atoms. The number of para-hydroxylation sites is 1. The van der Waals surface area contributed by atoms with Gasteiger partial charge >= 0.3 is 0 Å². The van der Waals surface area contributed by atoms with Crippen LogP contribution in [0.25, 0.3) is 55.5 Å². The molecule has 1 aromatic heterocycles. The molecule has 172 valence electrons. The van der Waals surface area contributed by atoms with E-state index < -0.39 is 0 Å². The smallest absolute Gasteiger partial charge is 0.0491 e. The number of aryl methyl sites for hydroxylation is 1. The van der Waals surface area contributed by atoms with Gasteiger partial charge < -0.3 is 4.57 Å². The largest absolute Gasteiger partial charge is 0.340 e. The van der Waals surface area contributed by atoms with Crippen molar-refractivity contribution in [2.45, 2.75) is 39.2 Å². The number of hydrogen-bond donors (Lipinski definition) is 0. The Hall–Kier alpha value is -3.84. The molecular formula is C34H31N. The molecule has 0 N–H and O–H groups in total. The lowest BCUT2D eigenvalue weighted by molar-refractivity contribution is 0.602. The number of aromatic nitrogens is 1. The summed E-state index contributed by atoms with van der Waals surface area (Å²) in [7, 11) is 0. The average molecular weight is 454 g/mol. The van der Waals surface area contributed by atoms with E-state index in [1.165, 1.54) is 80.2 Å². The Bertz CT molecular complexity index is 1680. The molecule has 0 saturated heterocycles. The first-order valence-electron chi connectivity index (χ1n) is 12.9. The minimum Gasteiger partial charge on any atom is -0.340 e. The molecule has 6 aromatic rings. The Labute approximate surface area is 207 Å². The molecule has 0 aliphatic carbocycles. The molecule has 0 aliphatic rings. The highest BCUT2D eigenvalue weighted by atomic mass is 15.0. The molecule has 0 fully saturated rings. The van der Waals surface area contributed by atoms with E-state index in [2.05, 4.69) is 121 Å². The molecule has 5 aromatic carbocycles. The lowest BCUT2D eigenvalue weighted by atomic mass is 9.99. The molecule has 0 amide bonds. The Morgan fingerprint density at radius 1 is 0.571 bits per heavy atom. The van der Waals surface area contributed by atoms with Crippen molar-refractivity contribution >= 4 is 55.5 Å². The van der Waals surface area contributed by atoms with Crippen LogP contribution >= 0.6 is 0 Å². The highest BCUT2D eigenvalue weighted by Crippen LogP contribution is 2.31. The molecule has 0 atom stereocenters. The minimum absolute atomic E-state index is 1.09.